The van der Waals surface area contributed by atoms with E-state index in [0.29, 0.717) is 11.6 Å². The first kappa shape index (κ1) is 18.5. The fraction of sp³-hybridized carbons (Fsp3) is 0.0909. The smallest absolute Gasteiger partial charge is 0.419 e. The number of terminal acetylenes is 1. The topological polar surface area (TPSA) is 9.23 Å². The Hall–Kier alpha value is -3.26. The van der Waals surface area contributed by atoms with Crippen molar-refractivity contribution in [3.63, 3.8) is 0 Å². The lowest BCUT2D eigenvalue weighted by molar-refractivity contribution is -0.139. The van der Waals surface area contributed by atoms with Crippen LogP contribution in [0.4, 0.5) is 17.6 Å². The number of hydrogen-bond acceptors (Lipinski definition) is 1. The first-order valence-electron chi connectivity index (χ1n) is 8.03. The summed E-state index contributed by atoms with van der Waals surface area (Å²) in [5, 5.41) is 0. The first-order chi connectivity index (χ1) is 12.9. The highest BCUT2D eigenvalue weighted by Crippen LogP contribution is 2.38. The fourth-order valence-electron chi connectivity index (χ4n) is 2.65. The molecule has 0 saturated carbocycles. The summed E-state index contributed by atoms with van der Waals surface area (Å²) in [4.78, 5) is 0. The fourth-order valence-corrected chi connectivity index (χ4v) is 2.65. The van der Waals surface area contributed by atoms with Crippen LogP contribution in [0.15, 0.2) is 66.7 Å². The largest absolute Gasteiger partial charge is 0.488 e. The predicted octanol–water partition coefficient (Wildman–Crippen LogP) is 6.07. The third-order valence-electron chi connectivity index (χ3n) is 3.98. The molecule has 0 atom stereocenters. The van der Waals surface area contributed by atoms with Gasteiger partial charge in [0.1, 0.15) is 18.2 Å². The van der Waals surface area contributed by atoms with Gasteiger partial charge in [0.2, 0.25) is 0 Å². The molecule has 3 aromatic rings. The zero-order valence-electron chi connectivity index (χ0n) is 14.1. The van der Waals surface area contributed by atoms with Crippen molar-refractivity contribution >= 4 is 0 Å². The van der Waals surface area contributed by atoms with Crippen molar-refractivity contribution in [2.24, 2.45) is 0 Å². The molecule has 0 heterocycles. The van der Waals surface area contributed by atoms with Crippen LogP contribution < -0.4 is 4.74 Å². The van der Waals surface area contributed by atoms with Crippen molar-refractivity contribution in [1.82, 2.24) is 0 Å². The Morgan fingerprint density at radius 2 is 1.63 bits per heavy atom. The monoisotopic (exact) mass is 370 g/mol. The van der Waals surface area contributed by atoms with Crippen molar-refractivity contribution in [1.29, 1.82) is 0 Å². The summed E-state index contributed by atoms with van der Waals surface area (Å²) in [6.07, 6.45) is 0.610. The van der Waals surface area contributed by atoms with Crippen LogP contribution >= 0.6 is 0 Å². The zero-order valence-corrected chi connectivity index (χ0v) is 14.1. The number of halogens is 4. The Kier molecular flexibility index (Phi) is 5.18. The van der Waals surface area contributed by atoms with Crippen molar-refractivity contribution < 1.29 is 22.3 Å². The average Bonchev–Trinajstić information content (AvgIpc) is 2.66. The van der Waals surface area contributed by atoms with E-state index in [2.05, 4.69) is 5.92 Å². The predicted molar refractivity (Wildman–Crippen MR) is 95.5 cm³/mol. The van der Waals surface area contributed by atoms with E-state index in [4.69, 9.17) is 11.2 Å². The van der Waals surface area contributed by atoms with Gasteiger partial charge in [-0.1, -0.05) is 48.4 Å². The van der Waals surface area contributed by atoms with Crippen molar-refractivity contribution in [3.05, 3.63) is 89.2 Å². The van der Waals surface area contributed by atoms with Gasteiger partial charge in [0.25, 0.3) is 0 Å². The van der Waals surface area contributed by atoms with E-state index in [9.17, 15) is 17.6 Å². The molecule has 0 aliphatic rings. The van der Waals surface area contributed by atoms with E-state index >= 15 is 0 Å². The van der Waals surface area contributed by atoms with Gasteiger partial charge in [0, 0.05) is 16.7 Å². The molecular formula is C22H14F4O. The van der Waals surface area contributed by atoms with E-state index < -0.39 is 17.6 Å². The maximum absolute atomic E-state index is 14.6. The van der Waals surface area contributed by atoms with Gasteiger partial charge in [-0.3, -0.25) is 0 Å². The SMILES string of the molecule is C#Cc1ccc(-c2cccc(C(F)(F)F)c2F)c(OCc2ccccc2)c1. The Balaban J connectivity index is 2.05. The van der Waals surface area contributed by atoms with Crippen LogP contribution in [0.1, 0.15) is 16.7 Å². The first-order valence-corrected chi connectivity index (χ1v) is 8.03. The molecule has 0 saturated heterocycles. The zero-order chi connectivity index (χ0) is 19.4. The molecule has 0 bridgehead atoms. The number of ether oxygens (including phenoxy) is 1. The van der Waals surface area contributed by atoms with Gasteiger partial charge >= 0.3 is 6.18 Å². The van der Waals surface area contributed by atoms with Gasteiger partial charge in [-0.2, -0.15) is 13.2 Å². The third kappa shape index (κ3) is 4.12. The Bertz CT molecular complexity index is 985. The molecule has 0 aromatic heterocycles. The van der Waals surface area contributed by atoms with Crippen LogP contribution in [-0.2, 0) is 12.8 Å². The quantitative estimate of drug-likeness (QED) is 0.400. The summed E-state index contributed by atoms with van der Waals surface area (Å²) >= 11 is 0. The van der Waals surface area contributed by atoms with Crippen molar-refractivity contribution in [3.8, 4) is 29.2 Å². The molecule has 5 heteroatoms. The second kappa shape index (κ2) is 7.55. The summed E-state index contributed by atoms with van der Waals surface area (Å²) < 4.78 is 59.4. The maximum Gasteiger partial charge on any atom is 0.419 e. The summed E-state index contributed by atoms with van der Waals surface area (Å²) in [5.74, 6) is 1.31. The van der Waals surface area contributed by atoms with E-state index in [-0.39, 0.29) is 23.5 Å². The molecule has 1 nitrogen and oxygen atoms in total. The maximum atomic E-state index is 14.6. The van der Waals surface area contributed by atoms with E-state index in [0.717, 1.165) is 11.6 Å². The van der Waals surface area contributed by atoms with E-state index in [1.165, 1.54) is 24.3 Å². The van der Waals surface area contributed by atoms with Gasteiger partial charge in [0.05, 0.1) is 5.56 Å². The Morgan fingerprint density at radius 3 is 2.30 bits per heavy atom. The van der Waals surface area contributed by atoms with Gasteiger partial charge < -0.3 is 4.74 Å². The van der Waals surface area contributed by atoms with Crippen molar-refractivity contribution in [2.75, 3.05) is 0 Å². The van der Waals surface area contributed by atoms with E-state index in [1.54, 1.807) is 0 Å². The standard InChI is InChI=1S/C22H14F4O/c1-2-15-11-12-17(18-9-6-10-19(21(18)23)22(24,25)26)20(13-15)27-14-16-7-4-3-5-8-16/h1,3-13H,14H2. The van der Waals surface area contributed by atoms with Crippen LogP contribution in [-0.4, -0.2) is 0 Å². The number of rotatable bonds is 4. The highest BCUT2D eigenvalue weighted by atomic mass is 19.4. The molecule has 0 fully saturated rings. The molecule has 0 aliphatic heterocycles. The summed E-state index contributed by atoms with van der Waals surface area (Å²) in [7, 11) is 0. The third-order valence-corrected chi connectivity index (χ3v) is 3.98. The molecule has 0 unspecified atom stereocenters. The second-order valence-corrected chi connectivity index (χ2v) is 5.79. The summed E-state index contributed by atoms with van der Waals surface area (Å²) in [6.45, 7) is 0.169. The molecule has 136 valence electrons. The Labute approximate surface area is 154 Å². The van der Waals surface area contributed by atoms with Crippen LogP contribution in [0.5, 0.6) is 5.75 Å². The lowest BCUT2D eigenvalue weighted by Gasteiger charge is -2.15. The van der Waals surface area contributed by atoms with Gasteiger partial charge in [-0.05, 0) is 29.8 Å². The normalized spacial score (nSPS) is 11.1. The minimum absolute atomic E-state index is 0.169. The molecule has 0 aliphatic carbocycles. The second-order valence-electron chi connectivity index (χ2n) is 5.79. The Morgan fingerprint density at radius 1 is 0.889 bits per heavy atom. The van der Waals surface area contributed by atoms with Crippen LogP contribution in [0, 0.1) is 18.2 Å². The number of benzene rings is 3. The minimum atomic E-state index is -4.79. The summed E-state index contributed by atoms with van der Waals surface area (Å²) in [5.41, 5.74) is 0.0216. The molecule has 0 N–H and O–H groups in total. The molecule has 3 rings (SSSR count). The summed E-state index contributed by atoms with van der Waals surface area (Å²) in [6, 6.07) is 16.9. The number of alkyl halides is 3. The van der Waals surface area contributed by atoms with Crippen molar-refractivity contribution in [2.45, 2.75) is 12.8 Å². The molecule has 0 amide bonds. The number of hydrogen-bond donors (Lipinski definition) is 0. The molecule has 0 radical (unpaired) electrons. The van der Waals surface area contributed by atoms with Crippen LogP contribution in [0.2, 0.25) is 0 Å². The lowest BCUT2D eigenvalue weighted by atomic mass is 9.99. The molecule has 27 heavy (non-hydrogen) atoms. The average molecular weight is 370 g/mol. The molecule has 3 aromatic carbocycles. The molecule has 0 spiro atoms. The highest BCUT2D eigenvalue weighted by Gasteiger charge is 2.35. The van der Waals surface area contributed by atoms with Gasteiger partial charge in [-0.25, -0.2) is 4.39 Å². The van der Waals surface area contributed by atoms with E-state index in [1.807, 2.05) is 30.3 Å². The minimum Gasteiger partial charge on any atom is -0.488 e. The molecular weight excluding hydrogens is 356 g/mol. The lowest BCUT2D eigenvalue weighted by Crippen LogP contribution is -2.09. The van der Waals surface area contributed by atoms with Gasteiger partial charge in [0.15, 0.2) is 0 Å². The van der Waals surface area contributed by atoms with Crippen LogP contribution in [0.3, 0.4) is 0 Å². The van der Waals surface area contributed by atoms with Crippen LogP contribution in [0.25, 0.3) is 11.1 Å². The van der Waals surface area contributed by atoms with Gasteiger partial charge in [-0.15, -0.1) is 6.42 Å². The highest BCUT2D eigenvalue weighted by molar-refractivity contribution is 5.73.